The van der Waals surface area contributed by atoms with Crippen LogP contribution in [0.5, 0.6) is 0 Å². The average molecular weight is 433 g/mol. The predicted molar refractivity (Wildman–Crippen MR) is 118 cm³/mol. The van der Waals surface area contributed by atoms with Crippen LogP contribution in [-0.2, 0) is 9.59 Å². The van der Waals surface area contributed by atoms with Crippen molar-refractivity contribution in [1.82, 2.24) is 0 Å². The molecule has 4 nitrogen and oxygen atoms in total. The number of carbonyl (C=O) groups is 2. The lowest BCUT2D eigenvalue weighted by molar-refractivity contribution is -0.132. The van der Waals surface area contributed by atoms with Crippen LogP contribution in [0.1, 0.15) is 33.9 Å². The maximum absolute atomic E-state index is 14.0. The van der Waals surface area contributed by atoms with Crippen molar-refractivity contribution in [3.05, 3.63) is 106 Å². The summed E-state index contributed by atoms with van der Waals surface area (Å²) in [7, 11) is 0. The van der Waals surface area contributed by atoms with Gasteiger partial charge in [0.15, 0.2) is 11.6 Å². The first-order valence-electron chi connectivity index (χ1n) is 10.1. The molecule has 0 spiro atoms. The summed E-state index contributed by atoms with van der Waals surface area (Å²) in [5.74, 6) is -4.31. The van der Waals surface area contributed by atoms with Gasteiger partial charge in [-0.25, -0.2) is 8.78 Å². The van der Waals surface area contributed by atoms with E-state index in [1.807, 2.05) is 38.1 Å². The monoisotopic (exact) mass is 433 g/mol. The normalized spacial score (nSPS) is 17.8. The van der Waals surface area contributed by atoms with Crippen molar-refractivity contribution in [3.63, 3.8) is 0 Å². The minimum Gasteiger partial charge on any atom is -0.507 e. The van der Waals surface area contributed by atoms with Gasteiger partial charge in [0.2, 0.25) is 0 Å². The second kappa shape index (κ2) is 8.04. The van der Waals surface area contributed by atoms with E-state index in [2.05, 4.69) is 0 Å². The number of aryl methyl sites for hydroxylation is 3. The Kier molecular flexibility index (Phi) is 5.38. The second-order valence-corrected chi connectivity index (χ2v) is 7.94. The quantitative estimate of drug-likeness (QED) is 0.336. The van der Waals surface area contributed by atoms with Gasteiger partial charge in [-0.1, -0.05) is 42.0 Å². The minimum absolute atomic E-state index is 0.0271. The lowest BCUT2D eigenvalue weighted by Gasteiger charge is -2.26. The van der Waals surface area contributed by atoms with Gasteiger partial charge in [-0.2, -0.15) is 0 Å². The largest absolute Gasteiger partial charge is 0.507 e. The number of rotatable bonds is 3. The van der Waals surface area contributed by atoms with Crippen LogP contribution >= 0.6 is 0 Å². The Labute approximate surface area is 184 Å². The fourth-order valence-electron chi connectivity index (χ4n) is 4.06. The third-order valence-corrected chi connectivity index (χ3v) is 5.76. The molecule has 162 valence electrons. The molecule has 32 heavy (non-hydrogen) atoms. The number of nitrogens with zero attached hydrogens (tertiary/aromatic N) is 1. The second-order valence-electron chi connectivity index (χ2n) is 7.94. The molecule has 3 aromatic rings. The molecule has 0 saturated carbocycles. The van der Waals surface area contributed by atoms with Gasteiger partial charge >= 0.3 is 0 Å². The summed E-state index contributed by atoms with van der Waals surface area (Å²) in [6, 6.07) is 14.6. The lowest BCUT2D eigenvalue weighted by atomic mass is 9.91. The molecule has 6 heteroatoms. The fourth-order valence-corrected chi connectivity index (χ4v) is 4.06. The highest BCUT2D eigenvalue weighted by Gasteiger charge is 2.47. The molecule has 1 N–H and O–H groups in total. The summed E-state index contributed by atoms with van der Waals surface area (Å²) in [4.78, 5) is 27.4. The third kappa shape index (κ3) is 3.47. The van der Waals surface area contributed by atoms with E-state index in [1.165, 1.54) is 6.07 Å². The topological polar surface area (TPSA) is 57.6 Å². The summed E-state index contributed by atoms with van der Waals surface area (Å²) in [6.45, 7) is 5.47. The number of hydrogen-bond donors (Lipinski definition) is 1. The summed E-state index contributed by atoms with van der Waals surface area (Å²) < 4.78 is 27.6. The van der Waals surface area contributed by atoms with Crippen LogP contribution in [0.3, 0.4) is 0 Å². The van der Waals surface area contributed by atoms with Crippen LogP contribution in [0.2, 0.25) is 0 Å². The van der Waals surface area contributed by atoms with E-state index >= 15 is 0 Å². The summed E-state index contributed by atoms with van der Waals surface area (Å²) in [6.07, 6.45) is 0. The number of hydrogen-bond acceptors (Lipinski definition) is 3. The zero-order valence-corrected chi connectivity index (χ0v) is 17.8. The zero-order valence-electron chi connectivity index (χ0n) is 17.8. The van der Waals surface area contributed by atoms with Gasteiger partial charge in [0, 0.05) is 17.3 Å². The highest BCUT2D eigenvalue weighted by atomic mass is 19.2. The van der Waals surface area contributed by atoms with E-state index in [0.717, 1.165) is 33.7 Å². The summed E-state index contributed by atoms with van der Waals surface area (Å²) >= 11 is 0. The number of amides is 1. The SMILES string of the molecule is Cc1ccc(C)c(/C(O)=C2\C(=O)C(=O)N(c3ccc(F)c(F)c3)C2c2ccccc2C)c1. The Hall–Kier alpha value is -3.80. The van der Waals surface area contributed by atoms with Crippen LogP contribution in [0.4, 0.5) is 14.5 Å². The molecule has 4 rings (SSSR count). The lowest BCUT2D eigenvalue weighted by Crippen LogP contribution is -2.30. The fraction of sp³-hybridized carbons (Fsp3) is 0.154. The Morgan fingerprint density at radius 2 is 1.59 bits per heavy atom. The van der Waals surface area contributed by atoms with Gasteiger partial charge in [0.1, 0.15) is 5.76 Å². The number of ketones is 1. The first-order chi connectivity index (χ1) is 15.2. The van der Waals surface area contributed by atoms with Gasteiger partial charge in [0.05, 0.1) is 11.6 Å². The molecule has 1 atom stereocenters. The van der Waals surface area contributed by atoms with Crippen LogP contribution in [0.15, 0.2) is 66.2 Å². The van der Waals surface area contributed by atoms with Crippen molar-refractivity contribution in [2.24, 2.45) is 0 Å². The molecule has 1 saturated heterocycles. The molecule has 0 radical (unpaired) electrons. The van der Waals surface area contributed by atoms with Crippen molar-refractivity contribution >= 4 is 23.1 Å². The van der Waals surface area contributed by atoms with E-state index in [1.54, 1.807) is 25.1 Å². The molecule has 0 aliphatic carbocycles. The smallest absolute Gasteiger partial charge is 0.300 e. The van der Waals surface area contributed by atoms with Gasteiger partial charge < -0.3 is 5.11 Å². The molecule has 1 unspecified atom stereocenters. The Balaban J connectivity index is 2.01. The molecule has 3 aromatic carbocycles. The van der Waals surface area contributed by atoms with Gasteiger partial charge in [-0.05, 0) is 55.7 Å². The van der Waals surface area contributed by atoms with Crippen molar-refractivity contribution < 1.29 is 23.5 Å². The molecule has 1 amide bonds. The third-order valence-electron chi connectivity index (χ3n) is 5.76. The van der Waals surface area contributed by atoms with Crippen LogP contribution < -0.4 is 4.90 Å². The van der Waals surface area contributed by atoms with Crippen molar-refractivity contribution in [2.75, 3.05) is 4.90 Å². The van der Waals surface area contributed by atoms with Gasteiger partial charge in [0.25, 0.3) is 11.7 Å². The van der Waals surface area contributed by atoms with Crippen molar-refractivity contribution in [1.29, 1.82) is 0 Å². The van der Waals surface area contributed by atoms with E-state index in [0.29, 0.717) is 11.1 Å². The number of anilines is 1. The minimum atomic E-state index is -1.14. The molecule has 1 aliphatic heterocycles. The maximum Gasteiger partial charge on any atom is 0.300 e. The van der Waals surface area contributed by atoms with Crippen LogP contribution in [0, 0.1) is 32.4 Å². The summed E-state index contributed by atoms with van der Waals surface area (Å²) in [5.41, 5.74) is 3.35. The van der Waals surface area contributed by atoms with Crippen molar-refractivity contribution in [2.45, 2.75) is 26.8 Å². The van der Waals surface area contributed by atoms with Gasteiger partial charge in [-0.3, -0.25) is 14.5 Å². The van der Waals surface area contributed by atoms with Gasteiger partial charge in [-0.15, -0.1) is 0 Å². The Bertz CT molecular complexity index is 1300. The number of Topliss-reactive ketones (excluding diaryl/α,β-unsaturated/α-hetero) is 1. The number of aliphatic hydroxyl groups excluding tert-OH is 1. The first kappa shape index (κ1) is 21.4. The molecule has 0 aromatic heterocycles. The Morgan fingerprint density at radius 3 is 2.28 bits per heavy atom. The maximum atomic E-state index is 14.0. The number of benzene rings is 3. The molecule has 1 aliphatic rings. The Morgan fingerprint density at radius 1 is 0.875 bits per heavy atom. The molecular weight excluding hydrogens is 412 g/mol. The summed E-state index contributed by atoms with van der Waals surface area (Å²) in [5, 5.41) is 11.2. The number of aliphatic hydroxyl groups is 1. The predicted octanol–water partition coefficient (Wildman–Crippen LogP) is 5.52. The van der Waals surface area contributed by atoms with Crippen molar-refractivity contribution in [3.8, 4) is 0 Å². The van der Waals surface area contributed by atoms with Crippen LogP contribution in [-0.4, -0.2) is 16.8 Å². The zero-order chi connectivity index (χ0) is 23.2. The highest BCUT2D eigenvalue weighted by Crippen LogP contribution is 2.43. The molecule has 1 heterocycles. The average Bonchev–Trinajstić information content (AvgIpc) is 3.02. The van der Waals surface area contributed by atoms with E-state index in [-0.39, 0.29) is 17.0 Å². The van der Waals surface area contributed by atoms with E-state index < -0.39 is 29.4 Å². The van der Waals surface area contributed by atoms with E-state index in [9.17, 15) is 23.5 Å². The van der Waals surface area contributed by atoms with Crippen LogP contribution in [0.25, 0.3) is 5.76 Å². The standard InChI is InChI=1S/C26H21F2NO3/c1-14-8-9-16(3)19(12-14)24(30)22-23(18-7-5-4-6-15(18)2)29(26(32)25(22)31)17-10-11-20(27)21(28)13-17/h4-13,23,30H,1-3H3/b24-22+. The highest BCUT2D eigenvalue weighted by molar-refractivity contribution is 6.51. The van der Waals surface area contributed by atoms with E-state index in [4.69, 9.17) is 0 Å². The molecule has 1 fully saturated rings. The number of halogens is 2. The molecule has 0 bridgehead atoms. The molecular formula is C26H21F2NO3. The first-order valence-corrected chi connectivity index (χ1v) is 10.1. The number of carbonyl (C=O) groups excluding carboxylic acids is 2.